The maximum Gasteiger partial charge on any atom is 0.236 e. The summed E-state index contributed by atoms with van der Waals surface area (Å²) in [6, 6.07) is 0. The van der Waals surface area contributed by atoms with Gasteiger partial charge >= 0.3 is 0 Å². The molecular weight excluding hydrogens is 202 g/mol. The van der Waals surface area contributed by atoms with Crippen molar-refractivity contribution < 1.29 is 4.79 Å². The summed E-state index contributed by atoms with van der Waals surface area (Å²) in [7, 11) is 2.05. The summed E-state index contributed by atoms with van der Waals surface area (Å²) in [6.45, 7) is 7.96. The van der Waals surface area contributed by atoms with E-state index in [1.165, 1.54) is 12.8 Å². The molecule has 0 radical (unpaired) electrons. The highest BCUT2D eigenvalue weighted by Crippen LogP contribution is 2.22. The van der Waals surface area contributed by atoms with Gasteiger partial charge < -0.3 is 10.2 Å². The van der Waals surface area contributed by atoms with Crippen LogP contribution in [0.15, 0.2) is 0 Å². The number of likely N-dealkylation sites (N-methyl/N-ethyl adjacent to an activating group) is 1. The van der Waals surface area contributed by atoms with Crippen LogP contribution in [0.1, 0.15) is 19.8 Å². The highest BCUT2D eigenvalue weighted by atomic mass is 16.2. The van der Waals surface area contributed by atoms with Crippen LogP contribution in [0.5, 0.6) is 0 Å². The van der Waals surface area contributed by atoms with Gasteiger partial charge in [0.25, 0.3) is 0 Å². The number of carbonyl (C=O) groups is 1. The zero-order valence-electron chi connectivity index (χ0n) is 10.5. The summed E-state index contributed by atoms with van der Waals surface area (Å²) in [4.78, 5) is 16.1. The minimum atomic E-state index is 0.302. The van der Waals surface area contributed by atoms with Gasteiger partial charge in [-0.1, -0.05) is 6.92 Å². The molecule has 2 aliphatic heterocycles. The van der Waals surface area contributed by atoms with Gasteiger partial charge in [-0.05, 0) is 19.9 Å². The van der Waals surface area contributed by atoms with Gasteiger partial charge in [-0.15, -0.1) is 0 Å². The Morgan fingerprint density at radius 3 is 2.50 bits per heavy atom. The maximum absolute atomic E-state index is 11.9. The smallest absolute Gasteiger partial charge is 0.236 e. The Balaban J connectivity index is 1.73. The summed E-state index contributed by atoms with van der Waals surface area (Å²) in [5.74, 6) is 0.302. The van der Waals surface area contributed by atoms with Crippen LogP contribution in [-0.2, 0) is 4.79 Å². The summed E-state index contributed by atoms with van der Waals surface area (Å²) in [5.41, 5.74) is 0.375. The minimum Gasteiger partial charge on any atom is -0.342 e. The summed E-state index contributed by atoms with van der Waals surface area (Å²) < 4.78 is 0. The number of hydrogen-bond donors (Lipinski definition) is 1. The quantitative estimate of drug-likeness (QED) is 0.740. The molecule has 0 aromatic rings. The number of amides is 1. The Hall–Kier alpha value is -0.610. The molecule has 92 valence electrons. The van der Waals surface area contributed by atoms with Gasteiger partial charge in [0.05, 0.1) is 6.54 Å². The van der Waals surface area contributed by atoms with Gasteiger partial charge in [0.15, 0.2) is 0 Å². The van der Waals surface area contributed by atoms with E-state index in [9.17, 15) is 4.79 Å². The predicted octanol–water partition coefficient (Wildman–Crippen LogP) is 0.150. The van der Waals surface area contributed by atoms with E-state index in [4.69, 9.17) is 0 Å². The number of nitrogens with zero attached hydrogens (tertiary/aromatic N) is 2. The molecule has 0 aromatic carbocycles. The molecule has 0 saturated carbocycles. The van der Waals surface area contributed by atoms with Crippen molar-refractivity contribution in [1.29, 1.82) is 0 Å². The molecular formula is C12H23N3O. The number of nitrogens with one attached hydrogen (secondary N) is 1. The predicted molar refractivity (Wildman–Crippen MR) is 64.3 cm³/mol. The molecule has 2 saturated heterocycles. The van der Waals surface area contributed by atoms with Gasteiger partial charge in [0, 0.05) is 38.1 Å². The van der Waals surface area contributed by atoms with Gasteiger partial charge in [0.2, 0.25) is 5.91 Å². The van der Waals surface area contributed by atoms with Crippen molar-refractivity contribution in [3.05, 3.63) is 0 Å². The largest absolute Gasteiger partial charge is 0.342 e. The molecule has 2 fully saturated rings. The van der Waals surface area contributed by atoms with E-state index in [1.54, 1.807) is 0 Å². The third-order valence-corrected chi connectivity index (χ3v) is 3.62. The van der Waals surface area contributed by atoms with Crippen molar-refractivity contribution in [2.45, 2.75) is 19.8 Å². The lowest BCUT2D eigenvalue weighted by Crippen LogP contribution is -2.57. The first kappa shape index (κ1) is 11.9. The van der Waals surface area contributed by atoms with E-state index in [-0.39, 0.29) is 0 Å². The Morgan fingerprint density at radius 1 is 1.38 bits per heavy atom. The SMILES string of the molecule is CN(CC(=O)N1CCCC1)CC1(C)CNC1. The first-order valence-electron chi connectivity index (χ1n) is 6.26. The molecule has 0 aliphatic carbocycles. The second kappa shape index (κ2) is 4.72. The molecule has 0 unspecified atom stereocenters. The standard InChI is InChI=1S/C12H23N3O/c1-12(8-13-9-12)10-14(2)7-11(16)15-5-3-4-6-15/h13H,3-10H2,1-2H3. The highest BCUT2D eigenvalue weighted by molar-refractivity contribution is 5.78. The van der Waals surface area contributed by atoms with E-state index < -0.39 is 0 Å². The van der Waals surface area contributed by atoms with E-state index in [0.717, 1.165) is 32.7 Å². The molecule has 16 heavy (non-hydrogen) atoms. The molecule has 2 aliphatic rings. The average Bonchev–Trinajstić information content (AvgIpc) is 2.67. The van der Waals surface area contributed by atoms with Crippen molar-refractivity contribution in [1.82, 2.24) is 15.1 Å². The highest BCUT2D eigenvalue weighted by Gasteiger charge is 2.33. The molecule has 0 spiro atoms. The second-order valence-corrected chi connectivity index (χ2v) is 5.67. The zero-order valence-corrected chi connectivity index (χ0v) is 10.5. The summed E-state index contributed by atoms with van der Waals surface area (Å²) in [6.07, 6.45) is 2.36. The molecule has 0 aromatic heterocycles. The number of hydrogen-bond acceptors (Lipinski definition) is 3. The number of likely N-dealkylation sites (tertiary alicyclic amines) is 1. The van der Waals surface area contributed by atoms with Crippen molar-refractivity contribution in [2.24, 2.45) is 5.41 Å². The third-order valence-electron chi connectivity index (χ3n) is 3.62. The van der Waals surface area contributed by atoms with E-state index in [0.29, 0.717) is 17.9 Å². The second-order valence-electron chi connectivity index (χ2n) is 5.67. The fraction of sp³-hybridized carbons (Fsp3) is 0.917. The Bertz CT molecular complexity index is 257. The van der Waals surface area contributed by atoms with Crippen LogP contribution < -0.4 is 5.32 Å². The first-order chi connectivity index (χ1) is 7.59. The van der Waals surface area contributed by atoms with Gasteiger partial charge in [-0.3, -0.25) is 9.69 Å². The Kier molecular flexibility index (Phi) is 3.50. The molecule has 1 N–H and O–H groups in total. The summed E-state index contributed by atoms with van der Waals surface area (Å²) in [5, 5.41) is 3.29. The normalized spacial score (nSPS) is 23.6. The lowest BCUT2D eigenvalue weighted by molar-refractivity contribution is -0.131. The van der Waals surface area contributed by atoms with Crippen molar-refractivity contribution in [3.63, 3.8) is 0 Å². The number of rotatable bonds is 4. The van der Waals surface area contributed by atoms with Crippen molar-refractivity contribution >= 4 is 5.91 Å². The molecule has 4 nitrogen and oxygen atoms in total. The van der Waals surface area contributed by atoms with Crippen LogP contribution in [0, 0.1) is 5.41 Å². The number of carbonyl (C=O) groups excluding carboxylic acids is 1. The van der Waals surface area contributed by atoms with Crippen LogP contribution in [0.3, 0.4) is 0 Å². The Morgan fingerprint density at radius 2 is 2.00 bits per heavy atom. The summed E-state index contributed by atoms with van der Waals surface area (Å²) >= 11 is 0. The monoisotopic (exact) mass is 225 g/mol. The lowest BCUT2D eigenvalue weighted by Gasteiger charge is -2.42. The zero-order chi connectivity index (χ0) is 11.6. The minimum absolute atomic E-state index is 0.302. The van der Waals surface area contributed by atoms with E-state index in [2.05, 4.69) is 24.2 Å². The van der Waals surface area contributed by atoms with Crippen molar-refractivity contribution in [3.8, 4) is 0 Å². The van der Waals surface area contributed by atoms with Crippen molar-refractivity contribution in [2.75, 3.05) is 46.3 Å². The third kappa shape index (κ3) is 2.74. The van der Waals surface area contributed by atoms with Crippen LogP contribution in [-0.4, -0.2) is 62.0 Å². The topological polar surface area (TPSA) is 35.6 Å². The van der Waals surface area contributed by atoms with Crippen LogP contribution >= 0.6 is 0 Å². The molecule has 1 amide bonds. The van der Waals surface area contributed by atoms with Gasteiger partial charge in [-0.2, -0.15) is 0 Å². The molecule has 0 bridgehead atoms. The van der Waals surface area contributed by atoms with Gasteiger partial charge in [0.1, 0.15) is 0 Å². The maximum atomic E-state index is 11.9. The van der Waals surface area contributed by atoms with Crippen LogP contribution in [0.4, 0.5) is 0 Å². The molecule has 2 rings (SSSR count). The lowest BCUT2D eigenvalue weighted by atomic mass is 9.84. The van der Waals surface area contributed by atoms with Crippen LogP contribution in [0.2, 0.25) is 0 Å². The Labute approximate surface area is 98.0 Å². The van der Waals surface area contributed by atoms with Crippen LogP contribution in [0.25, 0.3) is 0 Å². The first-order valence-corrected chi connectivity index (χ1v) is 6.26. The molecule has 4 heteroatoms. The van der Waals surface area contributed by atoms with E-state index in [1.807, 2.05) is 4.90 Å². The van der Waals surface area contributed by atoms with Gasteiger partial charge in [-0.25, -0.2) is 0 Å². The fourth-order valence-electron chi connectivity index (χ4n) is 2.67. The molecule has 0 atom stereocenters. The molecule has 2 heterocycles. The van der Waals surface area contributed by atoms with E-state index >= 15 is 0 Å². The fourth-order valence-corrected chi connectivity index (χ4v) is 2.67. The average molecular weight is 225 g/mol.